The molecule has 4 nitrogen and oxygen atoms in total. The predicted molar refractivity (Wildman–Crippen MR) is 45.9 cm³/mol. The Morgan fingerprint density at radius 3 is 3.17 bits per heavy atom. The van der Waals surface area contributed by atoms with Crippen molar-refractivity contribution in [1.82, 2.24) is 10.6 Å². The van der Waals surface area contributed by atoms with E-state index in [1.54, 1.807) is 7.11 Å². The second-order valence-corrected chi connectivity index (χ2v) is 2.93. The topological polar surface area (TPSA) is 50.4 Å². The summed E-state index contributed by atoms with van der Waals surface area (Å²) in [5, 5.41) is 5.93. The molecular formula is C8H16N2O2. The Morgan fingerprint density at radius 2 is 2.58 bits per heavy atom. The van der Waals surface area contributed by atoms with E-state index in [4.69, 9.17) is 4.74 Å². The maximum absolute atomic E-state index is 11.3. The molecule has 0 radical (unpaired) electrons. The van der Waals surface area contributed by atoms with Gasteiger partial charge in [-0.1, -0.05) is 0 Å². The molecule has 1 amide bonds. The van der Waals surface area contributed by atoms with Gasteiger partial charge in [0, 0.05) is 13.7 Å². The highest BCUT2D eigenvalue weighted by Crippen LogP contribution is 2.03. The van der Waals surface area contributed by atoms with Gasteiger partial charge in [-0.15, -0.1) is 0 Å². The van der Waals surface area contributed by atoms with Gasteiger partial charge in [0.15, 0.2) is 0 Å². The summed E-state index contributed by atoms with van der Waals surface area (Å²) >= 11 is 0. The number of nitrogens with one attached hydrogen (secondary N) is 2. The van der Waals surface area contributed by atoms with Gasteiger partial charge in [0.1, 0.15) is 0 Å². The number of carbonyl (C=O) groups excluding carboxylic acids is 1. The molecule has 0 aromatic carbocycles. The van der Waals surface area contributed by atoms with Gasteiger partial charge in [-0.2, -0.15) is 0 Å². The van der Waals surface area contributed by atoms with Crippen LogP contribution in [0.5, 0.6) is 0 Å². The van der Waals surface area contributed by atoms with Crippen LogP contribution >= 0.6 is 0 Å². The largest absolute Gasteiger partial charge is 0.383 e. The molecule has 0 aromatic heterocycles. The standard InChI is InChI=1S/C8H16N2O2/c1-12-6-5-10-8(11)7-3-2-4-9-7/h7,9H,2-6H2,1H3,(H,10,11). The second-order valence-electron chi connectivity index (χ2n) is 2.93. The zero-order chi connectivity index (χ0) is 8.81. The Balaban J connectivity index is 2.10. The van der Waals surface area contributed by atoms with Gasteiger partial charge in [-0.25, -0.2) is 0 Å². The molecule has 0 bridgehead atoms. The smallest absolute Gasteiger partial charge is 0.237 e. The summed E-state index contributed by atoms with van der Waals surface area (Å²) in [6.07, 6.45) is 2.06. The number of ether oxygens (including phenoxy) is 1. The zero-order valence-corrected chi connectivity index (χ0v) is 7.43. The van der Waals surface area contributed by atoms with Gasteiger partial charge in [0.25, 0.3) is 0 Å². The highest BCUT2D eigenvalue weighted by atomic mass is 16.5. The van der Waals surface area contributed by atoms with Crippen molar-refractivity contribution in [2.45, 2.75) is 18.9 Å². The van der Waals surface area contributed by atoms with Gasteiger partial charge in [-0.05, 0) is 19.4 Å². The Morgan fingerprint density at radius 1 is 1.75 bits per heavy atom. The van der Waals surface area contributed by atoms with Gasteiger partial charge in [-0.3, -0.25) is 4.79 Å². The van der Waals surface area contributed by atoms with Crippen LogP contribution in [0, 0.1) is 0 Å². The summed E-state index contributed by atoms with van der Waals surface area (Å²) in [5.74, 6) is 0.101. The lowest BCUT2D eigenvalue weighted by molar-refractivity contribution is -0.122. The van der Waals surface area contributed by atoms with Crippen LogP contribution in [0.4, 0.5) is 0 Å². The quantitative estimate of drug-likeness (QED) is 0.562. The molecular weight excluding hydrogens is 156 g/mol. The van der Waals surface area contributed by atoms with Crippen molar-refractivity contribution >= 4 is 5.91 Å². The minimum absolute atomic E-state index is 0.0295. The van der Waals surface area contributed by atoms with Crippen molar-refractivity contribution in [3.8, 4) is 0 Å². The Labute approximate surface area is 72.7 Å². The molecule has 1 aliphatic rings. The van der Waals surface area contributed by atoms with Crippen LogP contribution in [0.3, 0.4) is 0 Å². The molecule has 1 aliphatic heterocycles. The molecule has 0 aromatic rings. The summed E-state index contributed by atoms with van der Waals surface area (Å²) in [5.41, 5.74) is 0. The SMILES string of the molecule is COCCNC(=O)C1CCCN1. The lowest BCUT2D eigenvalue weighted by atomic mass is 10.2. The third-order valence-electron chi connectivity index (χ3n) is 1.98. The van der Waals surface area contributed by atoms with E-state index in [-0.39, 0.29) is 11.9 Å². The third-order valence-corrected chi connectivity index (χ3v) is 1.98. The average molecular weight is 172 g/mol. The van der Waals surface area contributed by atoms with Crippen molar-refractivity contribution in [1.29, 1.82) is 0 Å². The molecule has 70 valence electrons. The highest BCUT2D eigenvalue weighted by molar-refractivity contribution is 5.81. The fourth-order valence-corrected chi connectivity index (χ4v) is 1.31. The summed E-state index contributed by atoms with van der Waals surface area (Å²) in [6.45, 7) is 2.15. The third kappa shape index (κ3) is 2.79. The van der Waals surface area contributed by atoms with Crippen molar-refractivity contribution in [3.05, 3.63) is 0 Å². The van der Waals surface area contributed by atoms with Gasteiger partial charge in [0.2, 0.25) is 5.91 Å². The molecule has 1 fully saturated rings. The van der Waals surface area contributed by atoms with Gasteiger partial charge >= 0.3 is 0 Å². The van der Waals surface area contributed by atoms with Crippen molar-refractivity contribution in [2.24, 2.45) is 0 Å². The second kappa shape index (κ2) is 5.11. The van der Waals surface area contributed by atoms with E-state index in [1.807, 2.05) is 0 Å². The van der Waals surface area contributed by atoms with Crippen LogP contribution in [-0.2, 0) is 9.53 Å². The fraction of sp³-hybridized carbons (Fsp3) is 0.875. The number of carbonyl (C=O) groups is 1. The number of methoxy groups -OCH3 is 1. The van der Waals surface area contributed by atoms with Crippen molar-refractivity contribution < 1.29 is 9.53 Å². The van der Waals surface area contributed by atoms with Crippen LogP contribution in [-0.4, -0.2) is 38.8 Å². The normalized spacial score (nSPS) is 22.6. The average Bonchev–Trinajstić information content (AvgIpc) is 2.56. The first-order valence-electron chi connectivity index (χ1n) is 4.34. The molecule has 1 rings (SSSR count). The molecule has 0 spiro atoms. The van der Waals surface area contributed by atoms with E-state index in [0.29, 0.717) is 13.2 Å². The van der Waals surface area contributed by atoms with Gasteiger partial charge < -0.3 is 15.4 Å². The highest BCUT2D eigenvalue weighted by Gasteiger charge is 2.20. The molecule has 1 atom stereocenters. The number of hydrogen-bond donors (Lipinski definition) is 2. The summed E-state index contributed by atoms with van der Waals surface area (Å²) in [6, 6.07) is 0.0295. The van der Waals surface area contributed by atoms with Crippen molar-refractivity contribution in [2.75, 3.05) is 26.8 Å². The van der Waals surface area contributed by atoms with Crippen LogP contribution in [0.2, 0.25) is 0 Å². The zero-order valence-electron chi connectivity index (χ0n) is 7.43. The van der Waals surface area contributed by atoms with E-state index >= 15 is 0 Å². The van der Waals surface area contributed by atoms with Crippen LogP contribution in [0.15, 0.2) is 0 Å². The van der Waals surface area contributed by atoms with E-state index in [1.165, 1.54) is 0 Å². The van der Waals surface area contributed by atoms with E-state index in [9.17, 15) is 4.79 Å². The molecule has 12 heavy (non-hydrogen) atoms. The summed E-state index contributed by atoms with van der Waals surface area (Å²) in [4.78, 5) is 11.3. The Bertz CT molecular complexity index is 144. The fourth-order valence-electron chi connectivity index (χ4n) is 1.31. The van der Waals surface area contributed by atoms with Crippen molar-refractivity contribution in [3.63, 3.8) is 0 Å². The first-order chi connectivity index (χ1) is 5.84. The monoisotopic (exact) mass is 172 g/mol. The molecule has 4 heteroatoms. The maximum Gasteiger partial charge on any atom is 0.237 e. The van der Waals surface area contributed by atoms with Crippen LogP contribution < -0.4 is 10.6 Å². The molecule has 1 unspecified atom stereocenters. The van der Waals surface area contributed by atoms with Gasteiger partial charge in [0.05, 0.1) is 12.6 Å². The molecule has 0 saturated carbocycles. The first-order valence-corrected chi connectivity index (χ1v) is 4.34. The predicted octanol–water partition coefficient (Wildman–Crippen LogP) is -0.499. The lowest BCUT2D eigenvalue weighted by Crippen LogP contribution is -2.41. The lowest BCUT2D eigenvalue weighted by Gasteiger charge is -2.09. The van der Waals surface area contributed by atoms with Crippen LogP contribution in [0.1, 0.15) is 12.8 Å². The minimum atomic E-state index is 0.0295. The summed E-state index contributed by atoms with van der Waals surface area (Å²) < 4.78 is 4.82. The molecule has 2 N–H and O–H groups in total. The molecule has 1 heterocycles. The summed E-state index contributed by atoms with van der Waals surface area (Å²) in [7, 11) is 1.62. The van der Waals surface area contributed by atoms with Crippen LogP contribution in [0.25, 0.3) is 0 Å². The molecule has 0 aliphatic carbocycles. The minimum Gasteiger partial charge on any atom is -0.383 e. The number of amides is 1. The van der Waals surface area contributed by atoms with E-state index in [0.717, 1.165) is 19.4 Å². The number of rotatable bonds is 4. The molecule has 1 saturated heterocycles. The number of hydrogen-bond acceptors (Lipinski definition) is 3. The Kier molecular flexibility index (Phi) is 4.04. The Hall–Kier alpha value is -0.610. The maximum atomic E-state index is 11.3. The van der Waals surface area contributed by atoms with E-state index < -0.39 is 0 Å². The van der Waals surface area contributed by atoms with E-state index in [2.05, 4.69) is 10.6 Å². The first kappa shape index (κ1) is 9.48.